The molecule has 0 fully saturated rings. The fourth-order valence-corrected chi connectivity index (χ4v) is 1.02. The van der Waals surface area contributed by atoms with E-state index in [1.807, 2.05) is 0 Å². The van der Waals surface area contributed by atoms with Crippen molar-refractivity contribution < 1.29 is 18.3 Å². The van der Waals surface area contributed by atoms with Gasteiger partial charge in [0, 0.05) is 0 Å². The van der Waals surface area contributed by atoms with E-state index in [1.54, 1.807) is 0 Å². The summed E-state index contributed by atoms with van der Waals surface area (Å²) in [4.78, 5) is 9.97. The van der Waals surface area contributed by atoms with Gasteiger partial charge in [0.15, 0.2) is 17.4 Å². The highest BCUT2D eigenvalue weighted by atomic mass is 19.1. The number of hydrogen-bond acceptors (Lipinski definition) is 2. The highest BCUT2D eigenvalue weighted by Crippen LogP contribution is 2.23. The number of allylic oxidation sites excluding steroid dienone is 1. The van der Waals surface area contributed by atoms with E-state index in [0.29, 0.717) is 6.29 Å². The lowest BCUT2D eigenvalue weighted by Crippen LogP contribution is -1.93. The van der Waals surface area contributed by atoms with Gasteiger partial charge in [0.05, 0.1) is 7.11 Å². The minimum absolute atomic E-state index is 0.271. The van der Waals surface area contributed by atoms with Crippen LogP contribution >= 0.6 is 0 Å². The van der Waals surface area contributed by atoms with Crippen LogP contribution in [0.5, 0.6) is 5.75 Å². The molecule has 0 aliphatic rings. The Hall–Kier alpha value is -1.71. The van der Waals surface area contributed by atoms with Gasteiger partial charge in [-0.25, -0.2) is 8.78 Å². The van der Waals surface area contributed by atoms with Crippen molar-refractivity contribution >= 4 is 12.4 Å². The van der Waals surface area contributed by atoms with E-state index in [9.17, 15) is 13.6 Å². The summed E-state index contributed by atoms with van der Waals surface area (Å²) in [6.45, 7) is 0. The number of hydrogen-bond donors (Lipinski definition) is 0. The third-order valence-electron chi connectivity index (χ3n) is 1.59. The van der Waals surface area contributed by atoms with Gasteiger partial charge in [0.25, 0.3) is 0 Å². The lowest BCUT2D eigenvalue weighted by molar-refractivity contribution is -0.104. The molecule has 0 aromatic heterocycles. The highest BCUT2D eigenvalue weighted by molar-refractivity contribution is 5.73. The minimum atomic E-state index is -0.793. The Balaban J connectivity index is 3.13. The summed E-state index contributed by atoms with van der Waals surface area (Å²) < 4.78 is 30.6. The maximum atomic E-state index is 13.1. The molecule has 0 heterocycles. The molecule has 0 saturated carbocycles. The van der Waals surface area contributed by atoms with E-state index in [2.05, 4.69) is 4.74 Å². The largest absolute Gasteiger partial charge is 0.491 e. The second-order valence-electron chi connectivity index (χ2n) is 2.51. The van der Waals surface area contributed by atoms with E-state index in [4.69, 9.17) is 0 Å². The average Bonchev–Trinajstić information content (AvgIpc) is 2.14. The molecule has 0 aliphatic carbocycles. The zero-order chi connectivity index (χ0) is 10.6. The predicted molar refractivity (Wildman–Crippen MR) is 48.0 cm³/mol. The van der Waals surface area contributed by atoms with Crippen LogP contribution in [0.2, 0.25) is 0 Å². The van der Waals surface area contributed by atoms with E-state index >= 15 is 0 Å². The van der Waals surface area contributed by atoms with Gasteiger partial charge < -0.3 is 4.74 Å². The Morgan fingerprint density at radius 2 is 1.86 bits per heavy atom. The number of methoxy groups -OCH3 is 1. The molecule has 0 saturated heterocycles. The second-order valence-corrected chi connectivity index (χ2v) is 2.51. The summed E-state index contributed by atoms with van der Waals surface area (Å²) in [6, 6.07) is 2.17. The molecule has 1 aromatic carbocycles. The van der Waals surface area contributed by atoms with Crippen molar-refractivity contribution in [3.63, 3.8) is 0 Å². The third kappa shape index (κ3) is 2.16. The third-order valence-corrected chi connectivity index (χ3v) is 1.59. The van der Waals surface area contributed by atoms with Gasteiger partial charge in [-0.05, 0) is 23.8 Å². The molecule has 4 heteroatoms. The van der Waals surface area contributed by atoms with E-state index in [0.717, 1.165) is 18.2 Å². The Morgan fingerprint density at radius 3 is 2.29 bits per heavy atom. The monoisotopic (exact) mass is 198 g/mol. The van der Waals surface area contributed by atoms with Crippen LogP contribution in [0.4, 0.5) is 8.78 Å². The molecular weight excluding hydrogens is 190 g/mol. The van der Waals surface area contributed by atoms with Crippen molar-refractivity contribution in [3.8, 4) is 5.75 Å². The number of rotatable bonds is 3. The van der Waals surface area contributed by atoms with Gasteiger partial charge in [0.2, 0.25) is 0 Å². The minimum Gasteiger partial charge on any atom is -0.491 e. The second kappa shape index (κ2) is 4.50. The van der Waals surface area contributed by atoms with Gasteiger partial charge in [-0.1, -0.05) is 6.08 Å². The standard InChI is InChI=1S/C10H8F2O2/c1-14-10-8(11)5-7(3-2-4-13)6-9(10)12/h2-6H,1H3. The van der Waals surface area contributed by atoms with E-state index < -0.39 is 17.4 Å². The molecule has 14 heavy (non-hydrogen) atoms. The molecule has 2 nitrogen and oxygen atoms in total. The molecule has 0 bridgehead atoms. The summed E-state index contributed by atoms with van der Waals surface area (Å²) in [5, 5.41) is 0. The predicted octanol–water partition coefficient (Wildman–Crippen LogP) is 2.19. The van der Waals surface area contributed by atoms with Gasteiger partial charge in [-0.3, -0.25) is 4.79 Å². The smallest absolute Gasteiger partial charge is 0.190 e. The first kappa shape index (κ1) is 10.4. The fourth-order valence-electron chi connectivity index (χ4n) is 1.02. The summed E-state index contributed by atoms with van der Waals surface area (Å²) in [6.07, 6.45) is 2.99. The van der Waals surface area contributed by atoms with Gasteiger partial charge in [-0.15, -0.1) is 0 Å². The quantitative estimate of drug-likeness (QED) is 0.549. The van der Waals surface area contributed by atoms with E-state index in [1.165, 1.54) is 13.2 Å². The van der Waals surface area contributed by atoms with Crippen molar-refractivity contribution in [2.75, 3.05) is 7.11 Å². The van der Waals surface area contributed by atoms with Crippen molar-refractivity contribution in [1.29, 1.82) is 0 Å². The summed E-state index contributed by atoms with van der Waals surface area (Å²) in [7, 11) is 1.18. The number of halogens is 2. The Morgan fingerprint density at radius 1 is 1.29 bits per heavy atom. The first-order valence-electron chi connectivity index (χ1n) is 3.84. The highest BCUT2D eigenvalue weighted by Gasteiger charge is 2.09. The molecule has 0 aliphatic heterocycles. The lowest BCUT2D eigenvalue weighted by atomic mass is 10.2. The first-order chi connectivity index (χ1) is 6.69. The maximum Gasteiger partial charge on any atom is 0.190 e. The van der Waals surface area contributed by atoms with Crippen molar-refractivity contribution in [2.45, 2.75) is 0 Å². The van der Waals surface area contributed by atoms with Crippen molar-refractivity contribution in [1.82, 2.24) is 0 Å². The molecule has 0 unspecified atom stereocenters. The molecule has 74 valence electrons. The van der Waals surface area contributed by atoms with Crippen LogP contribution in [0, 0.1) is 11.6 Å². The number of ether oxygens (including phenoxy) is 1. The summed E-state index contributed by atoms with van der Waals surface area (Å²) in [5.41, 5.74) is 0.271. The Kier molecular flexibility index (Phi) is 3.34. The van der Waals surface area contributed by atoms with Crippen LogP contribution in [-0.4, -0.2) is 13.4 Å². The molecule has 0 N–H and O–H groups in total. The zero-order valence-corrected chi connectivity index (χ0v) is 7.46. The average molecular weight is 198 g/mol. The van der Waals surface area contributed by atoms with Crippen LogP contribution < -0.4 is 4.74 Å². The number of aldehydes is 1. The summed E-state index contributed by atoms with van der Waals surface area (Å²) in [5.74, 6) is -2.01. The topological polar surface area (TPSA) is 26.3 Å². The van der Waals surface area contributed by atoms with Crippen molar-refractivity contribution in [3.05, 3.63) is 35.4 Å². The summed E-state index contributed by atoms with van der Waals surface area (Å²) >= 11 is 0. The molecule has 1 rings (SSSR count). The van der Waals surface area contributed by atoms with Crippen molar-refractivity contribution in [2.24, 2.45) is 0 Å². The SMILES string of the molecule is COc1c(F)cc(C=CC=O)cc1F. The fraction of sp³-hybridized carbons (Fsp3) is 0.100. The van der Waals surface area contributed by atoms with Gasteiger partial charge in [0.1, 0.15) is 6.29 Å². The molecular formula is C10H8F2O2. The lowest BCUT2D eigenvalue weighted by Gasteiger charge is -2.03. The number of carbonyl (C=O) groups is 1. The molecule has 0 radical (unpaired) electrons. The number of carbonyl (C=O) groups excluding carboxylic acids is 1. The Labute approximate surface area is 79.8 Å². The van der Waals surface area contributed by atoms with Crippen LogP contribution in [0.1, 0.15) is 5.56 Å². The van der Waals surface area contributed by atoms with Crippen LogP contribution in [0.25, 0.3) is 6.08 Å². The molecule has 0 atom stereocenters. The first-order valence-corrected chi connectivity index (χ1v) is 3.84. The van der Waals surface area contributed by atoms with Gasteiger partial charge in [-0.2, -0.15) is 0 Å². The zero-order valence-electron chi connectivity index (χ0n) is 7.46. The molecule has 0 spiro atoms. The molecule has 0 amide bonds. The van der Waals surface area contributed by atoms with Gasteiger partial charge >= 0.3 is 0 Å². The van der Waals surface area contributed by atoms with E-state index in [-0.39, 0.29) is 5.56 Å². The van der Waals surface area contributed by atoms with Crippen LogP contribution in [0.15, 0.2) is 18.2 Å². The van der Waals surface area contributed by atoms with Crippen LogP contribution in [-0.2, 0) is 4.79 Å². The number of benzene rings is 1. The maximum absolute atomic E-state index is 13.1. The Bertz CT molecular complexity index is 349. The van der Waals surface area contributed by atoms with Crippen LogP contribution in [0.3, 0.4) is 0 Å². The normalized spacial score (nSPS) is 10.5. The molecule has 1 aromatic rings.